The topological polar surface area (TPSA) is 76.0 Å². The fraction of sp³-hybridized carbons (Fsp3) is 0.208. The van der Waals surface area contributed by atoms with Crippen LogP contribution in [0.5, 0.6) is 0 Å². The molecule has 2 aromatic heterocycles. The van der Waals surface area contributed by atoms with Crippen molar-refractivity contribution in [1.29, 1.82) is 0 Å². The quantitative estimate of drug-likeness (QED) is 0.438. The SMILES string of the molecule is CC(C)c1ccc(NC(=O)Cn2c(=O)nc(NCc3cccs3)c3ccccc32)cc1. The summed E-state index contributed by atoms with van der Waals surface area (Å²) in [6, 6.07) is 19.2. The van der Waals surface area contributed by atoms with Crippen LogP contribution in [0.15, 0.2) is 70.8 Å². The van der Waals surface area contributed by atoms with Crippen LogP contribution >= 0.6 is 11.3 Å². The highest BCUT2D eigenvalue weighted by Gasteiger charge is 2.13. The number of nitrogens with one attached hydrogen (secondary N) is 2. The van der Waals surface area contributed by atoms with Gasteiger partial charge in [-0.25, -0.2) is 4.79 Å². The number of anilines is 2. The molecule has 2 aromatic carbocycles. The lowest BCUT2D eigenvalue weighted by atomic mass is 10.0. The summed E-state index contributed by atoms with van der Waals surface area (Å²) in [6.45, 7) is 4.72. The lowest BCUT2D eigenvalue weighted by Crippen LogP contribution is -2.30. The Balaban J connectivity index is 1.56. The number of nitrogens with zero attached hydrogens (tertiary/aromatic N) is 2. The van der Waals surface area contributed by atoms with Gasteiger partial charge in [0.05, 0.1) is 12.1 Å². The van der Waals surface area contributed by atoms with Crippen molar-refractivity contribution < 1.29 is 4.79 Å². The van der Waals surface area contributed by atoms with E-state index >= 15 is 0 Å². The number of carbonyl (C=O) groups is 1. The average molecular weight is 433 g/mol. The van der Waals surface area contributed by atoms with Gasteiger partial charge >= 0.3 is 5.69 Å². The molecule has 0 spiro atoms. The zero-order valence-corrected chi connectivity index (χ0v) is 18.3. The summed E-state index contributed by atoms with van der Waals surface area (Å²) in [5.74, 6) is 0.674. The van der Waals surface area contributed by atoms with E-state index in [-0.39, 0.29) is 12.5 Å². The minimum atomic E-state index is -0.460. The molecule has 4 rings (SSSR count). The Morgan fingerprint density at radius 2 is 1.84 bits per heavy atom. The van der Waals surface area contributed by atoms with E-state index in [0.717, 1.165) is 10.3 Å². The van der Waals surface area contributed by atoms with Crippen molar-refractivity contribution in [2.75, 3.05) is 10.6 Å². The first kappa shape index (κ1) is 20.8. The van der Waals surface area contributed by atoms with Gasteiger partial charge in [0, 0.05) is 16.0 Å². The molecule has 0 aliphatic heterocycles. The Morgan fingerprint density at radius 1 is 1.06 bits per heavy atom. The number of rotatable bonds is 7. The van der Waals surface area contributed by atoms with Crippen molar-refractivity contribution in [1.82, 2.24) is 9.55 Å². The van der Waals surface area contributed by atoms with E-state index in [0.29, 0.717) is 29.5 Å². The minimum Gasteiger partial charge on any atom is -0.364 e. The molecule has 0 unspecified atom stereocenters. The van der Waals surface area contributed by atoms with Crippen LogP contribution < -0.4 is 16.3 Å². The highest BCUT2D eigenvalue weighted by atomic mass is 32.1. The molecular formula is C24H24N4O2S. The molecule has 7 heteroatoms. The van der Waals surface area contributed by atoms with Crippen LogP contribution in [0.2, 0.25) is 0 Å². The van der Waals surface area contributed by atoms with Crippen LogP contribution in [0.1, 0.15) is 30.2 Å². The van der Waals surface area contributed by atoms with Crippen molar-refractivity contribution in [2.24, 2.45) is 0 Å². The Hall–Kier alpha value is -3.45. The van der Waals surface area contributed by atoms with Gasteiger partial charge in [-0.15, -0.1) is 11.3 Å². The van der Waals surface area contributed by atoms with Crippen molar-refractivity contribution in [3.8, 4) is 0 Å². The lowest BCUT2D eigenvalue weighted by Gasteiger charge is -2.14. The zero-order chi connectivity index (χ0) is 21.8. The molecule has 0 aliphatic carbocycles. The molecule has 0 bridgehead atoms. The smallest absolute Gasteiger partial charge is 0.350 e. The van der Waals surface area contributed by atoms with Crippen LogP contribution in [0.25, 0.3) is 10.9 Å². The number of benzene rings is 2. The molecule has 31 heavy (non-hydrogen) atoms. The fourth-order valence-corrected chi connectivity index (χ4v) is 4.04. The standard InChI is InChI=1S/C24H24N4O2S/c1-16(2)17-9-11-18(12-10-17)26-22(29)15-28-21-8-4-3-7-20(21)23(27-24(28)30)25-14-19-6-5-13-31-19/h3-13,16H,14-15H2,1-2H3,(H,26,29)(H,25,27,30). The van der Waals surface area contributed by atoms with Gasteiger partial charge in [0.1, 0.15) is 12.4 Å². The number of carbonyl (C=O) groups excluding carboxylic acids is 1. The summed E-state index contributed by atoms with van der Waals surface area (Å²) in [5.41, 5.74) is 2.11. The number of thiophene rings is 1. The summed E-state index contributed by atoms with van der Waals surface area (Å²) < 4.78 is 1.41. The van der Waals surface area contributed by atoms with E-state index in [1.807, 2.05) is 66.0 Å². The number of hydrogen-bond donors (Lipinski definition) is 2. The van der Waals surface area contributed by atoms with Gasteiger partial charge in [0.15, 0.2) is 0 Å². The van der Waals surface area contributed by atoms with E-state index in [2.05, 4.69) is 29.5 Å². The molecule has 6 nitrogen and oxygen atoms in total. The Labute approximate surface area is 184 Å². The van der Waals surface area contributed by atoms with Crippen molar-refractivity contribution in [3.05, 3.63) is 87.0 Å². The first-order valence-electron chi connectivity index (χ1n) is 10.2. The van der Waals surface area contributed by atoms with Crippen molar-refractivity contribution in [2.45, 2.75) is 32.9 Å². The first-order valence-corrected chi connectivity index (χ1v) is 11.0. The maximum absolute atomic E-state index is 12.8. The third kappa shape index (κ3) is 4.83. The summed E-state index contributed by atoms with van der Waals surface area (Å²) in [6.07, 6.45) is 0. The Bertz CT molecular complexity index is 1250. The van der Waals surface area contributed by atoms with Crippen LogP contribution in [0.4, 0.5) is 11.5 Å². The summed E-state index contributed by atoms with van der Waals surface area (Å²) in [4.78, 5) is 30.8. The predicted molar refractivity (Wildman–Crippen MR) is 127 cm³/mol. The molecule has 2 heterocycles. The normalized spacial score (nSPS) is 11.1. The molecule has 0 saturated carbocycles. The Kier molecular flexibility index (Phi) is 6.13. The van der Waals surface area contributed by atoms with E-state index in [1.165, 1.54) is 10.1 Å². The first-order chi connectivity index (χ1) is 15.0. The number of fused-ring (bicyclic) bond motifs is 1. The van der Waals surface area contributed by atoms with E-state index in [9.17, 15) is 9.59 Å². The van der Waals surface area contributed by atoms with Crippen molar-refractivity contribution >= 4 is 39.7 Å². The maximum atomic E-state index is 12.8. The molecule has 0 fully saturated rings. The molecule has 2 N–H and O–H groups in total. The Morgan fingerprint density at radius 3 is 2.55 bits per heavy atom. The molecule has 1 amide bonds. The van der Waals surface area contributed by atoms with Crippen LogP contribution in [0, 0.1) is 0 Å². The van der Waals surface area contributed by atoms with Gasteiger partial charge in [-0.1, -0.05) is 44.2 Å². The minimum absolute atomic E-state index is 0.108. The van der Waals surface area contributed by atoms with Gasteiger partial charge < -0.3 is 10.6 Å². The maximum Gasteiger partial charge on any atom is 0.350 e. The summed E-state index contributed by atoms with van der Waals surface area (Å²) in [5, 5.41) is 8.93. The number of hydrogen-bond acceptors (Lipinski definition) is 5. The van der Waals surface area contributed by atoms with Gasteiger partial charge in [-0.3, -0.25) is 9.36 Å². The van der Waals surface area contributed by atoms with E-state index in [4.69, 9.17) is 0 Å². The van der Waals surface area contributed by atoms with Crippen LogP contribution in [-0.2, 0) is 17.9 Å². The predicted octanol–water partition coefficient (Wildman–Crippen LogP) is 4.83. The van der Waals surface area contributed by atoms with Crippen LogP contribution in [-0.4, -0.2) is 15.5 Å². The average Bonchev–Trinajstić information content (AvgIpc) is 3.28. The van der Waals surface area contributed by atoms with E-state index < -0.39 is 5.69 Å². The van der Waals surface area contributed by atoms with Crippen molar-refractivity contribution in [3.63, 3.8) is 0 Å². The summed E-state index contributed by atoms with van der Waals surface area (Å²) in [7, 11) is 0. The third-order valence-electron chi connectivity index (χ3n) is 5.06. The fourth-order valence-electron chi connectivity index (χ4n) is 3.40. The second-order valence-electron chi connectivity index (χ2n) is 7.60. The number of aromatic nitrogens is 2. The number of para-hydroxylation sites is 1. The highest BCUT2D eigenvalue weighted by molar-refractivity contribution is 7.09. The molecule has 0 atom stereocenters. The molecular weight excluding hydrogens is 408 g/mol. The molecule has 0 radical (unpaired) electrons. The third-order valence-corrected chi connectivity index (χ3v) is 5.94. The second-order valence-corrected chi connectivity index (χ2v) is 8.64. The summed E-state index contributed by atoms with van der Waals surface area (Å²) >= 11 is 1.64. The lowest BCUT2D eigenvalue weighted by molar-refractivity contribution is -0.116. The van der Waals surface area contributed by atoms with Gasteiger partial charge in [-0.2, -0.15) is 4.98 Å². The van der Waals surface area contributed by atoms with E-state index in [1.54, 1.807) is 11.3 Å². The molecule has 0 aliphatic rings. The second kappa shape index (κ2) is 9.14. The molecule has 0 saturated heterocycles. The monoisotopic (exact) mass is 432 g/mol. The van der Waals surface area contributed by atoms with Crippen LogP contribution in [0.3, 0.4) is 0 Å². The zero-order valence-electron chi connectivity index (χ0n) is 17.5. The number of amides is 1. The van der Waals surface area contributed by atoms with Gasteiger partial charge in [0.2, 0.25) is 5.91 Å². The van der Waals surface area contributed by atoms with Gasteiger partial charge in [-0.05, 0) is 47.2 Å². The largest absolute Gasteiger partial charge is 0.364 e. The van der Waals surface area contributed by atoms with Gasteiger partial charge in [0.25, 0.3) is 0 Å². The molecule has 158 valence electrons. The molecule has 4 aromatic rings. The highest BCUT2D eigenvalue weighted by Crippen LogP contribution is 2.21.